The number of aromatic nitrogens is 3. The number of hydrogen-bond donors (Lipinski definition) is 1. The summed E-state index contributed by atoms with van der Waals surface area (Å²) in [5.74, 6) is 0. The molecule has 0 aromatic carbocycles. The second-order valence-electron chi connectivity index (χ2n) is 4.72. The van der Waals surface area contributed by atoms with Gasteiger partial charge in [-0.3, -0.25) is 9.67 Å². The maximum Gasteiger partial charge on any atom is 0.0738 e. The summed E-state index contributed by atoms with van der Waals surface area (Å²) in [6.07, 6.45) is 5.62. The molecule has 4 nitrogen and oxygen atoms in total. The van der Waals surface area contributed by atoms with Gasteiger partial charge in [0.25, 0.3) is 0 Å². The van der Waals surface area contributed by atoms with Crippen molar-refractivity contribution in [2.75, 3.05) is 7.05 Å². The first-order valence-corrected chi connectivity index (χ1v) is 7.15. The number of likely N-dealkylation sites (N-methyl/N-ethyl adjacent to an activating group) is 1. The van der Waals surface area contributed by atoms with Crippen LogP contribution in [0.2, 0.25) is 0 Å². The van der Waals surface area contributed by atoms with E-state index in [9.17, 15) is 0 Å². The number of aryl methyl sites for hydroxylation is 2. The van der Waals surface area contributed by atoms with E-state index in [0.29, 0.717) is 6.04 Å². The molecule has 19 heavy (non-hydrogen) atoms. The van der Waals surface area contributed by atoms with E-state index in [-0.39, 0.29) is 0 Å². The molecule has 0 bridgehead atoms. The molecule has 0 spiro atoms. The summed E-state index contributed by atoms with van der Waals surface area (Å²) >= 11 is 3.62. The highest BCUT2D eigenvalue weighted by Crippen LogP contribution is 2.22. The number of nitrogens with one attached hydrogen (secondary N) is 1. The molecule has 0 radical (unpaired) electrons. The average Bonchev–Trinajstić information content (AvgIpc) is 2.65. The normalized spacial score (nSPS) is 12.6. The molecule has 1 N–H and O–H groups in total. The molecule has 0 aliphatic rings. The van der Waals surface area contributed by atoms with E-state index in [4.69, 9.17) is 0 Å². The Morgan fingerprint density at radius 2 is 2.21 bits per heavy atom. The van der Waals surface area contributed by atoms with Crippen molar-refractivity contribution in [3.8, 4) is 0 Å². The van der Waals surface area contributed by atoms with Gasteiger partial charge in [-0.25, -0.2) is 0 Å². The lowest BCUT2D eigenvalue weighted by molar-refractivity contribution is 0.532. The molecule has 0 saturated heterocycles. The van der Waals surface area contributed by atoms with Gasteiger partial charge in [0.15, 0.2) is 0 Å². The lowest BCUT2D eigenvalue weighted by Gasteiger charge is -2.16. The minimum absolute atomic E-state index is 0.371. The molecule has 0 fully saturated rings. The fourth-order valence-electron chi connectivity index (χ4n) is 2.21. The molecule has 1 atom stereocenters. The van der Waals surface area contributed by atoms with Gasteiger partial charge in [0, 0.05) is 31.9 Å². The molecule has 102 valence electrons. The summed E-state index contributed by atoms with van der Waals surface area (Å²) in [7, 11) is 3.99. The molecule has 5 heteroatoms. The minimum atomic E-state index is 0.371. The Bertz CT molecular complexity index is 536. The van der Waals surface area contributed by atoms with Crippen LogP contribution in [0.3, 0.4) is 0 Å². The molecule has 2 aromatic heterocycles. The lowest BCUT2D eigenvalue weighted by atomic mass is 10.0. The number of pyridine rings is 1. The first-order valence-electron chi connectivity index (χ1n) is 6.36. The molecular weight excluding hydrogens is 304 g/mol. The Balaban J connectivity index is 2.11. The van der Waals surface area contributed by atoms with Gasteiger partial charge in [0.1, 0.15) is 0 Å². The summed E-state index contributed by atoms with van der Waals surface area (Å²) in [4.78, 5) is 4.16. The maximum atomic E-state index is 4.43. The fourth-order valence-corrected chi connectivity index (χ4v) is 2.71. The zero-order valence-electron chi connectivity index (χ0n) is 11.5. The summed E-state index contributed by atoms with van der Waals surface area (Å²) in [5, 5.41) is 7.81. The van der Waals surface area contributed by atoms with Crippen LogP contribution in [-0.2, 0) is 19.9 Å². The van der Waals surface area contributed by atoms with Crippen LogP contribution in [0.5, 0.6) is 0 Å². The van der Waals surface area contributed by atoms with E-state index in [2.05, 4.69) is 37.4 Å². The van der Waals surface area contributed by atoms with Crippen molar-refractivity contribution in [1.82, 2.24) is 20.1 Å². The number of hydrogen-bond acceptors (Lipinski definition) is 3. The molecule has 0 saturated carbocycles. The Labute approximate surface area is 122 Å². The summed E-state index contributed by atoms with van der Waals surface area (Å²) in [6, 6.07) is 4.46. The van der Waals surface area contributed by atoms with Crippen molar-refractivity contribution >= 4 is 15.9 Å². The molecule has 2 rings (SSSR count). The van der Waals surface area contributed by atoms with Crippen molar-refractivity contribution in [1.29, 1.82) is 0 Å². The Kier molecular flexibility index (Phi) is 4.71. The van der Waals surface area contributed by atoms with Crippen molar-refractivity contribution < 1.29 is 0 Å². The SMILES string of the molecule is CNC(Cc1cccnc1)Cc1c(Br)c(C)nn1C. The van der Waals surface area contributed by atoms with Gasteiger partial charge < -0.3 is 5.32 Å². The molecule has 0 aliphatic carbocycles. The Hall–Kier alpha value is -1.20. The zero-order valence-corrected chi connectivity index (χ0v) is 13.1. The molecule has 0 aliphatic heterocycles. The fraction of sp³-hybridized carbons (Fsp3) is 0.429. The topological polar surface area (TPSA) is 42.7 Å². The van der Waals surface area contributed by atoms with E-state index >= 15 is 0 Å². The van der Waals surface area contributed by atoms with Crippen molar-refractivity contribution in [2.45, 2.75) is 25.8 Å². The third-order valence-electron chi connectivity index (χ3n) is 3.31. The Morgan fingerprint density at radius 3 is 2.74 bits per heavy atom. The zero-order chi connectivity index (χ0) is 13.8. The minimum Gasteiger partial charge on any atom is -0.316 e. The summed E-state index contributed by atoms with van der Waals surface area (Å²) in [6.45, 7) is 2.02. The van der Waals surface area contributed by atoms with Crippen molar-refractivity contribution in [3.63, 3.8) is 0 Å². The summed E-state index contributed by atoms with van der Waals surface area (Å²) < 4.78 is 3.06. The monoisotopic (exact) mass is 322 g/mol. The van der Waals surface area contributed by atoms with Gasteiger partial charge in [-0.05, 0) is 48.0 Å². The number of nitrogens with zero attached hydrogens (tertiary/aromatic N) is 3. The standard InChI is InChI=1S/C14H19BrN4/c1-10-14(15)13(19(3)18-10)8-12(16-2)7-11-5-4-6-17-9-11/h4-6,9,12,16H,7-8H2,1-3H3. The smallest absolute Gasteiger partial charge is 0.0738 e. The lowest BCUT2D eigenvalue weighted by Crippen LogP contribution is -2.30. The predicted octanol–water partition coefficient (Wildman–Crippen LogP) is 2.26. The predicted molar refractivity (Wildman–Crippen MR) is 80.1 cm³/mol. The third kappa shape index (κ3) is 3.42. The average molecular weight is 323 g/mol. The highest BCUT2D eigenvalue weighted by molar-refractivity contribution is 9.10. The quantitative estimate of drug-likeness (QED) is 0.918. The van der Waals surface area contributed by atoms with Crippen LogP contribution in [-0.4, -0.2) is 27.9 Å². The molecule has 0 amide bonds. The van der Waals surface area contributed by atoms with Gasteiger partial charge in [0.2, 0.25) is 0 Å². The number of rotatable bonds is 5. The first-order chi connectivity index (χ1) is 9.11. The van der Waals surface area contributed by atoms with Gasteiger partial charge >= 0.3 is 0 Å². The maximum absolute atomic E-state index is 4.43. The van der Waals surface area contributed by atoms with Crippen LogP contribution < -0.4 is 5.32 Å². The molecular formula is C14H19BrN4. The van der Waals surface area contributed by atoms with E-state index in [1.54, 1.807) is 6.20 Å². The second kappa shape index (κ2) is 6.30. The van der Waals surface area contributed by atoms with E-state index in [0.717, 1.165) is 23.0 Å². The third-order valence-corrected chi connectivity index (χ3v) is 4.35. The highest BCUT2D eigenvalue weighted by Gasteiger charge is 2.16. The van der Waals surface area contributed by atoms with Gasteiger partial charge in [0.05, 0.1) is 15.9 Å². The van der Waals surface area contributed by atoms with Crippen LogP contribution >= 0.6 is 15.9 Å². The van der Waals surface area contributed by atoms with E-state index in [1.165, 1.54) is 11.3 Å². The van der Waals surface area contributed by atoms with Crippen LogP contribution in [0.4, 0.5) is 0 Å². The highest BCUT2D eigenvalue weighted by atomic mass is 79.9. The van der Waals surface area contributed by atoms with Gasteiger partial charge in [-0.2, -0.15) is 5.10 Å². The summed E-state index contributed by atoms with van der Waals surface area (Å²) in [5.41, 5.74) is 3.51. The van der Waals surface area contributed by atoms with Crippen LogP contribution in [0.25, 0.3) is 0 Å². The Morgan fingerprint density at radius 1 is 1.42 bits per heavy atom. The van der Waals surface area contributed by atoms with E-state index < -0.39 is 0 Å². The van der Waals surface area contributed by atoms with Gasteiger partial charge in [-0.15, -0.1) is 0 Å². The largest absolute Gasteiger partial charge is 0.316 e. The molecule has 2 aromatic rings. The van der Waals surface area contributed by atoms with Crippen molar-refractivity contribution in [3.05, 3.63) is 46.0 Å². The van der Waals surface area contributed by atoms with E-state index in [1.807, 2.05) is 38.0 Å². The first kappa shape index (κ1) is 14.2. The van der Waals surface area contributed by atoms with Gasteiger partial charge in [-0.1, -0.05) is 6.07 Å². The van der Waals surface area contributed by atoms with Crippen LogP contribution in [0.15, 0.2) is 29.0 Å². The molecule has 1 unspecified atom stereocenters. The number of halogens is 1. The van der Waals surface area contributed by atoms with Crippen LogP contribution in [0, 0.1) is 6.92 Å². The molecule has 2 heterocycles. The second-order valence-corrected chi connectivity index (χ2v) is 5.52. The van der Waals surface area contributed by atoms with Crippen LogP contribution in [0.1, 0.15) is 17.0 Å². The van der Waals surface area contributed by atoms with Crippen molar-refractivity contribution in [2.24, 2.45) is 7.05 Å².